The Bertz CT molecular complexity index is 484. The molecule has 0 aliphatic carbocycles. The van der Waals surface area contributed by atoms with Crippen LogP contribution in [0.25, 0.3) is 0 Å². The number of hydrogen-bond acceptors (Lipinski definition) is 4. The first-order valence-electron chi connectivity index (χ1n) is 17.1. The molecule has 5 nitrogen and oxygen atoms in total. The van der Waals surface area contributed by atoms with Crippen molar-refractivity contribution in [1.82, 2.24) is 0 Å². The van der Waals surface area contributed by atoms with Crippen molar-refractivity contribution in [2.75, 3.05) is 23.9 Å². The number of rotatable bonds is 29. The minimum Gasteiger partial charge on any atom is -0.481 e. The van der Waals surface area contributed by atoms with Crippen LogP contribution in [0.1, 0.15) is 181 Å². The SMILES string of the molecule is CCCCCCCCCO.CCCCCCCCCOC(=O)CCCCCCCBr.O=C(O)CCCCCCCBr. The summed E-state index contributed by atoms with van der Waals surface area (Å²) < 4.78 is 5.25. The normalized spacial score (nSPS) is 10.4. The number of halogens is 2. The molecule has 0 rings (SSSR count). The van der Waals surface area contributed by atoms with Crippen molar-refractivity contribution in [3.63, 3.8) is 0 Å². The van der Waals surface area contributed by atoms with Crippen molar-refractivity contribution in [1.29, 1.82) is 0 Å². The maximum absolute atomic E-state index is 11.5. The third-order valence-electron chi connectivity index (χ3n) is 6.81. The topological polar surface area (TPSA) is 83.8 Å². The van der Waals surface area contributed by atoms with Crippen molar-refractivity contribution in [3.8, 4) is 0 Å². The highest BCUT2D eigenvalue weighted by molar-refractivity contribution is 9.09. The van der Waals surface area contributed by atoms with E-state index in [4.69, 9.17) is 14.9 Å². The van der Waals surface area contributed by atoms with E-state index < -0.39 is 5.97 Å². The number of aliphatic hydroxyl groups is 1. The molecule has 0 bridgehead atoms. The molecule has 0 saturated heterocycles. The molecule has 7 heteroatoms. The molecule has 248 valence electrons. The highest BCUT2D eigenvalue weighted by Crippen LogP contribution is 2.10. The van der Waals surface area contributed by atoms with Gasteiger partial charge in [-0.15, -0.1) is 0 Å². The second kappa shape index (κ2) is 44.3. The highest BCUT2D eigenvalue weighted by Gasteiger charge is 2.02. The van der Waals surface area contributed by atoms with E-state index in [9.17, 15) is 9.59 Å². The summed E-state index contributed by atoms with van der Waals surface area (Å²) in [6.07, 6.45) is 30.0. The molecule has 0 aromatic carbocycles. The van der Waals surface area contributed by atoms with Crippen LogP contribution in [0.15, 0.2) is 0 Å². The van der Waals surface area contributed by atoms with Crippen LogP contribution in [0.3, 0.4) is 0 Å². The molecule has 41 heavy (non-hydrogen) atoms. The van der Waals surface area contributed by atoms with Crippen molar-refractivity contribution < 1.29 is 24.5 Å². The van der Waals surface area contributed by atoms with E-state index in [1.165, 1.54) is 116 Å². The predicted octanol–water partition coefficient (Wildman–Crippen LogP) is 11.6. The molecule has 0 fully saturated rings. The number of ether oxygens (including phenoxy) is 1. The van der Waals surface area contributed by atoms with Crippen LogP contribution < -0.4 is 0 Å². The molecule has 0 heterocycles. The Labute approximate surface area is 272 Å². The predicted molar refractivity (Wildman–Crippen MR) is 185 cm³/mol. The third-order valence-corrected chi connectivity index (χ3v) is 7.93. The lowest BCUT2D eigenvalue weighted by atomic mass is 10.1. The third kappa shape index (κ3) is 52.9. The van der Waals surface area contributed by atoms with Crippen LogP contribution in [-0.2, 0) is 14.3 Å². The fourth-order valence-corrected chi connectivity index (χ4v) is 4.97. The van der Waals surface area contributed by atoms with Crippen LogP contribution in [0, 0.1) is 0 Å². The summed E-state index contributed by atoms with van der Waals surface area (Å²) in [5.74, 6) is -0.679. The smallest absolute Gasteiger partial charge is 0.305 e. The Balaban J connectivity index is -0.000000581. The van der Waals surface area contributed by atoms with E-state index in [1.807, 2.05) is 0 Å². The summed E-state index contributed by atoms with van der Waals surface area (Å²) in [5, 5.41) is 18.9. The average molecular weight is 717 g/mol. The Morgan fingerprint density at radius 1 is 0.512 bits per heavy atom. The number of unbranched alkanes of at least 4 members (excludes halogenated alkanes) is 20. The zero-order chi connectivity index (χ0) is 31.1. The van der Waals surface area contributed by atoms with Gasteiger partial charge in [-0.2, -0.15) is 0 Å². The minimum absolute atomic E-state index is 0.00326. The van der Waals surface area contributed by atoms with Crippen molar-refractivity contribution in [3.05, 3.63) is 0 Å². The molecule has 0 aliphatic heterocycles. The Kier molecular flexibility index (Phi) is 48.9. The molecule has 0 radical (unpaired) electrons. The van der Waals surface area contributed by atoms with Crippen LogP contribution in [0.2, 0.25) is 0 Å². The number of aliphatic hydroxyl groups excluding tert-OH is 1. The van der Waals surface area contributed by atoms with Crippen LogP contribution in [0.5, 0.6) is 0 Å². The van der Waals surface area contributed by atoms with Crippen molar-refractivity contribution in [2.45, 2.75) is 181 Å². The second-order valence-electron chi connectivity index (χ2n) is 11.0. The number of carboxylic acids is 1. The second-order valence-corrected chi connectivity index (χ2v) is 12.6. The van der Waals surface area contributed by atoms with Crippen LogP contribution in [-0.4, -0.2) is 46.0 Å². The number of esters is 1. The summed E-state index contributed by atoms with van der Waals surface area (Å²) in [5.41, 5.74) is 0. The molecular formula is C34H68Br2O5. The number of hydrogen-bond donors (Lipinski definition) is 2. The Morgan fingerprint density at radius 3 is 1.29 bits per heavy atom. The largest absolute Gasteiger partial charge is 0.481 e. The van der Waals surface area contributed by atoms with Gasteiger partial charge in [-0.05, 0) is 38.5 Å². The fraction of sp³-hybridized carbons (Fsp3) is 0.941. The van der Waals surface area contributed by atoms with E-state index in [0.717, 1.165) is 49.2 Å². The molecule has 0 atom stereocenters. The molecule has 2 N–H and O–H groups in total. The molecule has 0 unspecified atom stereocenters. The lowest BCUT2D eigenvalue weighted by molar-refractivity contribution is -0.144. The first-order valence-corrected chi connectivity index (χ1v) is 19.3. The monoisotopic (exact) mass is 714 g/mol. The minimum atomic E-state index is -0.675. The van der Waals surface area contributed by atoms with Gasteiger partial charge in [-0.3, -0.25) is 9.59 Å². The van der Waals surface area contributed by atoms with Crippen LogP contribution >= 0.6 is 31.9 Å². The van der Waals surface area contributed by atoms with Gasteiger partial charge >= 0.3 is 11.9 Å². The maximum Gasteiger partial charge on any atom is 0.305 e. The van der Waals surface area contributed by atoms with E-state index in [2.05, 4.69) is 45.7 Å². The van der Waals surface area contributed by atoms with E-state index >= 15 is 0 Å². The van der Waals surface area contributed by atoms with Gasteiger partial charge in [0.2, 0.25) is 0 Å². The van der Waals surface area contributed by atoms with Gasteiger partial charge in [0.1, 0.15) is 0 Å². The Morgan fingerprint density at radius 2 is 0.878 bits per heavy atom. The zero-order valence-corrected chi connectivity index (χ0v) is 30.3. The van der Waals surface area contributed by atoms with Gasteiger partial charge in [0.25, 0.3) is 0 Å². The summed E-state index contributed by atoms with van der Waals surface area (Å²) >= 11 is 6.77. The van der Waals surface area contributed by atoms with Gasteiger partial charge in [0, 0.05) is 30.1 Å². The number of carbonyl (C=O) groups is 2. The van der Waals surface area contributed by atoms with Crippen molar-refractivity contribution >= 4 is 43.8 Å². The summed E-state index contributed by atoms with van der Waals surface area (Å²) in [6.45, 7) is 5.46. The molecule has 0 aromatic rings. The van der Waals surface area contributed by atoms with Crippen molar-refractivity contribution in [2.24, 2.45) is 0 Å². The number of carbonyl (C=O) groups excluding carboxylic acids is 1. The van der Waals surface area contributed by atoms with Gasteiger partial charge in [-0.25, -0.2) is 0 Å². The average Bonchev–Trinajstić information content (AvgIpc) is 2.96. The summed E-state index contributed by atoms with van der Waals surface area (Å²) in [4.78, 5) is 21.6. The van der Waals surface area contributed by atoms with E-state index in [-0.39, 0.29) is 5.97 Å². The summed E-state index contributed by atoms with van der Waals surface area (Å²) in [6, 6.07) is 0. The van der Waals surface area contributed by atoms with Gasteiger partial charge in [-0.1, -0.05) is 161 Å². The molecule has 0 aliphatic rings. The quantitative estimate of drug-likeness (QED) is 0.0457. The maximum atomic E-state index is 11.5. The molecule has 0 amide bonds. The van der Waals surface area contributed by atoms with Crippen LogP contribution in [0.4, 0.5) is 0 Å². The Hall–Kier alpha value is -0.140. The lowest BCUT2D eigenvalue weighted by Gasteiger charge is -2.05. The molecule has 0 aromatic heterocycles. The van der Waals surface area contributed by atoms with Gasteiger partial charge in [0.05, 0.1) is 6.61 Å². The first-order chi connectivity index (χ1) is 20.0. The highest BCUT2D eigenvalue weighted by atomic mass is 79.9. The molecule has 0 saturated carbocycles. The number of carboxylic acid groups (broad SMARTS) is 1. The standard InChI is InChI=1S/C17H33BrO2.C9H20O.C8H15BrO2/c1-2-3-4-5-6-10-13-16-20-17(19)14-11-8-7-9-12-15-18;1-2-3-4-5-6-7-8-9-10;9-7-5-3-1-2-4-6-8(10)11/h2-16H2,1H3;10H,2-9H2,1H3;1-7H2,(H,10,11). The molecule has 0 spiro atoms. The first kappa shape index (κ1) is 45.3. The molecular weight excluding hydrogens is 648 g/mol. The fourth-order valence-electron chi connectivity index (χ4n) is 4.18. The lowest BCUT2D eigenvalue weighted by Crippen LogP contribution is -2.05. The zero-order valence-electron chi connectivity index (χ0n) is 27.1. The number of alkyl halides is 2. The van der Waals surface area contributed by atoms with E-state index in [1.54, 1.807) is 0 Å². The van der Waals surface area contributed by atoms with E-state index in [0.29, 0.717) is 26.1 Å². The van der Waals surface area contributed by atoms with Gasteiger partial charge in [0.15, 0.2) is 0 Å². The summed E-state index contributed by atoms with van der Waals surface area (Å²) in [7, 11) is 0. The number of aliphatic carboxylic acids is 1. The van der Waals surface area contributed by atoms with Gasteiger partial charge < -0.3 is 14.9 Å².